The van der Waals surface area contributed by atoms with Crippen LogP contribution in [0, 0.1) is 6.92 Å². The van der Waals surface area contributed by atoms with Crippen molar-refractivity contribution in [3.05, 3.63) is 59.0 Å². The summed E-state index contributed by atoms with van der Waals surface area (Å²) in [5, 5.41) is 0. The van der Waals surface area contributed by atoms with Gasteiger partial charge in [-0.15, -0.1) is 0 Å². The molecule has 2 fully saturated rings. The third-order valence-corrected chi connectivity index (χ3v) is 7.38. The first-order chi connectivity index (χ1) is 14.6. The van der Waals surface area contributed by atoms with Crippen LogP contribution in [-0.4, -0.2) is 55.1 Å². The predicted molar refractivity (Wildman–Crippen MR) is 115 cm³/mol. The lowest BCUT2D eigenvalue weighted by molar-refractivity contribution is -0.135. The number of carbonyl (C=O) groups is 1. The van der Waals surface area contributed by atoms with Crippen molar-refractivity contribution in [3.63, 3.8) is 0 Å². The van der Waals surface area contributed by atoms with E-state index in [-0.39, 0.29) is 5.41 Å². The van der Waals surface area contributed by atoms with E-state index in [1.807, 2.05) is 17.9 Å². The molecule has 1 aromatic heterocycles. The van der Waals surface area contributed by atoms with Gasteiger partial charge in [0.1, 0.15) is 11.5 Å². The van der Waals surface area contributed by atoms with Crippen LogP contribution in [0.2, 0.25) is 0 Å². The fraction of sp³-hybridized carbons (Fsp3) is 0.560. The van der Waals surface area contributed by atoms with Crippen LogP contribution in [-0.2, 0) is 21.5 Å². The summed E-state index contributed by atoms with van der Waals surface area (Å²) >= 11 is 0. The van der Waals surface area contributed by atoms with Crippen LogP contribution >= 0.6 is 0 Å². The Kier molecular flexibility index (Phi) is 5.42. The molecular weight excluding hydrogens is 376 g/mol. The lowest BCUT2D eigenvalue weighted by atomic mass is 9.73. The number of fused-ring (bicyclic) bond motifs is 2. The standard InChI is InChI=1S/C25H32N2O3/c1-19-6-7-21(30-19)18-26-10-8-25(9-11-26)17-20(22-4-2-3-5-23(22)25)16-24(28)27-12-14-29-15-13-27/h2-7,20H,8-18H2,1H3. The van der Waals surface area contributed by atoms with E-state index in [9.17, 15) is 4.79 Å². The van der Waals surface area contributed by atoms with Gasteiger partial charge in [0.15, 0.2) is 0 Å². The maximum Gasteiger partial charge on any atom is 0.223 e. The molecule has 0 saturated carbocycles. The molecule has 1 spiro atoms. The number of likely N-dealkylation sites (tertiary alicyclic amines) is 1. The molecule has 5 rings (SSSR count). The number of rotatable bonds is 4. The van der Waals surface area contributed by atoms with E-state index in [2.05, 4.69) is 35.2 Å². The second-order valence-electron chi connectivity index (χ2n) is 9.25. The van der Waals surface area contributed by atoms with Crippen molar-refractivity contribution in [3.8, 4) is 0 Å². The highest BCUT2D eigenvalue weighted by atomic mass is 16.5. The second kappa shape index (κ2) is 8.20. The zero-order valence-corrected chi connectivity index (χ0v) is 17.9. The lowest BCUT2D eigenvalue weighted by Crippen LogP contribution is -2.42. The van der Waals surface area contributed by atoms with Crippen molar-refractivity contribution < 1.29 is 13.9 Å². The number of carbonyl (C=O) groups excluding carboxylic acids is 1. The third kappa shape index (κ3) is 3.81. The van der Waals surface area contributed by atoms with Crippen LogP contribution in [0.3, 0.4) is 0 Å². The van der Waals surface area contributed by atoms with Gasteiger partial charge in [-0.2, -0.15) is 0 Å². The second-order valence-corrected chi connectivity index (χ2v) is 9.25. The molecule has 5 nitrogen and oxygen atoms in total. The summed E-state index contributed by atoms with van der Waals surface area (Å²) in [6, 6.07) is 13.0. The number of ether oxygens (including phenoxy) is 1. The van der Waals surface area contributed by atoms with Crippen LogP contribution in [0.25, 0.3) is 0 Å². The molecule has 30 heavy (non-hydrogen) atoms. The summed E-state index contributed by atoms with van der Waals surface area (Å²) in [4.78, 5) is 17.4. The molecule has 0 N–H and O–H groups in total. The van der Waals surface area contributed by atoms with E-state index in [0.717, 1.165) is 63.5 Å². The Labute approximate surface area is 179 Å². The predicted octanol–water partition coefficient (Wildman–Crippen LogP) is 3.86. The minimum atomic E-state index is 0.224. The molecule has 1 aromatic carbocycles. The molecule has 2 aromatic rings. The summed E-state index contributed by atoms with van der Waals surface area (Å²) in [6.07, 6.45) is 4.06. The maximum atomic E-state index is 12.9. The molecule has 2 saturated heterocycles. The maximum absolute atomic E-state index is 12.9. The van der Waals surface area contributed by atoms with Gasteiger partial charge in [0.2, 0.25) is 5.91 Å². The average molecular weight is 409 g/mol. The molecule has 2 aliphatic heterocycles. The monoisotopic (exact) mass is 408 g/mol. The lowest BCUT2D eigenvalue weighted by Gasteiger charge is -2.40. The summed E-state index contributed by atoms with van der Waals surface area (Å²) in [7, 11) is 0. The van der Waals surface area contributed by atoms with E-state index in [4.69, 9.17) is 9.15 Å². The van der Waals surface area contributed by atoms with Crippen molar-refractivity contribution in [2.24, 2.45) is 0 Å². The molecule has 1 atom stereocenters. The first kappa shape index (κ1) is 19.8. The van der Waals surface area contributed by atoms with E-state index in [1.54, 1.807) is 0 Å². The van der Waals surface area contributed by atoms with Gasteiger partial charge in [-0.1, -0.05) is 24.3 Å². The Morgan fingerprint density at radius 2 is 1.83 bits per heavy atom. The van der Waals surface area contributed by atoms with Crippen molar-refractivity contribution in [1.29, 1.82) is 0 Å². The summed E-state index contributed by atoms with van der Waals surface area (Å²) < 4.78 is 11.2. The third-order valence-electron chi connectivity index (χ3n) is 7.38. The van der Waals surface area contributed by atoms with Gasteiger partial charge in [-0.3, -0.25) is 9.69 Å². The van der Waals surface area contributed by atoms with Crippen LogP contribution < -0.4 is 0 Å². The molecule has 3 heterocycles. The van der Waals surface area contributed by atoms with Crippen molar-refractivity contribution in [1.82, 2.24) is 9.80 Å². The highest BCUT2D eigenvalue weighted by molar-refractivity contribution is 5.77. The number of nitrogens with zero attached hydrogens (tertiary/aromatic N) is 2. The smallest absolute Gasteiger partial charge is 0.223 e. The number of hydrogen-bond donors (Lipinski definition) is 0. The highest BCUT2D eigenvalue weighted by Crippen LogP contribution is 2.52. The van der Waals surface area contributed by atoms with Gasteiger partial charge in [-0.05, 0) is 73.9 Å². The van der Waals surface area contributed by atoms with E-state index in [1.165, 1.54) is 11.1 Å². The first-order valence-electron chi connectivity index (χ1n) is 11.4. The van der Waals surface area contributed by atoms with Crippen molar-refractivity contribution >= 4 is 5.91 Å². The normalized spacial score (nSPS) is 23.6. The van der Waals surface area contributed by atoms with Gasteiger partial charge < -0.3 is 14.1 Å². The Hall–Kier alpha value is -2.11. The molecule has 1 aliphatic carbocycles. The number of aryl methyl sites for hydroxylation is 1. The minimum Gasteiger partial charge on any atom is -0.465 e. The average Bonchev–Trinajstić information content (AvgIpc) is 3.32. The van der Waals surface area contributed by atoms with Crippen LogP contribution in [0.4, 0.5) is 0 Å². The van der Waals surface area contributed by atoms with Gasteiger partial charge >= 0.3 is 0 Å². The largest absolute Gasteiger partial charge is 0.465 e. The number of hydrogen-bond acceptors (Lipinski definition) is 4. The van der Waals surface area contributed by atoms with Gasteiger partial charge in [-0.25, -0.2) is 0 Å². The quantitative estimate of drug-likeness (QED) is 0.771. The Balaban J connectivity index is 1.27. The zero-order valence-electron chi connectivity index (χ0n) is 17.9. The Bertz CT molecular complexity index is 891. The number of amides is 1. The number of benzene rings is 1. The molecule has 0 radical (unpaired) electrons. The van der Waals surface area contributed by atoms with E-state index < -0.39 is 0 Å². The molecule has 1 amide bonds. The summed E-state index contributed by atoms with van der Waals surface area (Å²) in [5.41, 5.74) is 3.13. The van der Waals surface area contributed by atoms with Crippen LogP contribution in [0.5, 0.6) is 0 Å². The number of furan rings is 1. The molecule has 0 bridgehead atoms. The molecule has 160 valence electrons. The number of piperidine rings is 1. The molecule has 1 unspecified atom stereocenters. The SMILES string of the molecule is Cc1ccc(CN2CCC3(CC2)CC(CC(=O)N2CCOCC2)c2ccccc23)o1. The fourth-order valence-electron chi connectivity index (χ4n) is 5.77. The molecular formula is C25H32N2O3. The zero-order chi connectivity index (χ0) is 20.6. The fourth-order valence-corrected chi connectivity index (χ4v) is 5.77. The number of morpholine rings is 1. The topological polar surface area (TPSA) is 45.9 Å². The summed E-state index contributed by atoms with van der Waals surface area (Å²) in [5.74, 6) is 2.68. The van der Waals surface area contributed by atoms with Gasteiger partial charge in [0.25, 0.3) is 0 Å². The molecule has 3 aliphatic rings. The highest BCUT2D eigenvalue weighted by Gasteiger charge is 2.45. The van der Waals surface area contributed by atoms with Crippen LogP contribution in [0.15, 0.2) is 40.8 Å². The minimum absolute atomic E-state index is 0.224. The molecule has 5 heteroatoms. The first-order valence-corrected chi connectivity index (χ1v) is 11.4. The van der Waals surface area contributed by atoms with Crippen LogP contribution in [0.1, 0.15) is 54.2 Å². The van der Waals surface area contributed by atoms with Gasteiger partial charge in [0, 0.05) is 19.5 Å². The Morgan fingerprint density at radius 1 is 1.07 bits per heavy atom. The van der Waals surface area contributed by atoms with E-state index in [0.29, 0.717) is 31.5 Å². The summed E-state index contributed by atoms with van der Waals surface area (Å²) in [6.45, 7) is 7.87. The van der Waals surface area contributed by atoms with Gasteiger partial charge in [0.05, 0.1) is 19.8 Å². The van der Waals surface area contributed by atoms with Crippen molar-refractivity contribution in [2.45, 2.75) is 50.5 Å². The Morgan fingerprint density at radius 3 is 2.57 bits per heavy atom. The van der Waals surface area contributed by atoms with Crippen molar-refractivity contribution in [2.75, 3.05) is 39.4 Å². The van der Waals surface area contributed by atoms with E-state index >= 15 is 0 Å².